The first kappa shape index (κ1) is 12.8. The molecule has 2 heterocycles. The zero-order valence-electron chi connectivity index (χ0n) is 11.2. The third-order valence-corrected chi connectivity index (χ3v) is 3.32. The van der Waals surface area contributed by atoms with Gasteiger partial charge >= 0.3 is 0 Å². The molecule has 2 aromatic rings. The summed E-state index contributed by atoms with van der Waals surface area (Å²) in [5, 5.41) is 3.37. The normalized spacial score (nSPS) is 12.6. The fourth-order valence-corrected chi connectivity index (χ4v) is 2.24. The number of hydrogen-bond donors (Lipinski definition) is 1. The van der Waals surface area contributed by atoms with Crippen LogP contribution in [0.4, 0.5) is 0 Å². The van der Waals surface area contributed by atoms with Crippen LogP contribution in [-0.4, -0.2) is 21.6 Å². The minimum absolute atomic E-state index is 0.278. The average molecular weight is 244 g/mol. The number of aryl methyl sites for hydroxylation is 2. The Morgan fingerprint density at radius 3 is 2.89 bits per heavy atom. The van der Waals surface area contributed by atoms with Gasteiger partial charge in [-0.3, -0.25) is 4.98 Å². The van der Waals surface area contributed by atoms with E-state index in [0.29, 0.717) is 0 Å². The lowest BCUT2D eigenvalue weighted by Gasteiger charge is -2.18. The van der Waals surface area contributed by atoms with Crippen LogP contribution in [0.5, 0.6) is 0 Å². The first-order chi connectivity index (χ1) is 8.76. The van der Waals surface area contributed by atoms with Gasteiger partial charge in [0, 0.05) is 43.8 Å². The molecule has 96 valence electrons. The van der Waals surface area contributed by atoms with Crippen LogP contribution in [0.2, 0.25) is 0 Å². The second-order valence-electron chi connectivity index (χ2n) is 4.41. The fraction of sp³-hybridized carbons (Fsp3) is 0.429. The molecule has 0 bridgehead atoms. The summed E-state index contributed by atoms with van der Waals surface area (Å²) in [5.41, 5.74) is 2.50. The summed E-state index contributed by atoms with van der Waals surface area (Å²) in [6, 6.07) is 2.36. The number of nitrogens with zero attached hydrogens (tertiary/aromatic N) is 3. The quantitative estimate of drug-likeness (QED) is 0.876. The highest BCUT2D eigenvalue weighted by atomic mass is 15.1. The Morgan fingerprint density at radius 1 is 1.39 bits per heavy atom. The van der Waals surface area contributed by atoms with Gasteiger partial charge in [-0.25, -0.2) is 4.98 Å². The third-order valence-electron chi connectivity index (χ3n) is 3.32. The van der Waals surface area contributed by atoms with Gasteiger partial charge in [0.05, 0.1) is 0 Å². The Kier molecular flexibility index (Phi) is 4.10. The van der Waals surface area contributed by atoms with Crippen LogP contribution in [0.3, 0.4) is 0 Å². The zero-order chi connectivity index (χ0) is 13.0. The molecule has 4 nitrogen and oxygen atoms in total. The molecule has 1 N–H and O–H groups in total. The van der Waals surface area contributed by atoms with Gasteiger partial charge in [0.25, 0.3) is 0 Å². The number of nitrogens with one attached hydrogen (secondary N) is 1. The molecule has 2 aromatic heterocycles. The van der Waals surface area contributed by atoms with E-state index in [1.54, 1.807) is 0 Å². The van der Waals surface area contributed by atoms with Gasteiger partial charge in [-0.15, -0.1) is 0 Å². The Bertz CT molecular complexity index is 504. The molecule has 18 heavy (non-hydrogen) atoms. The fourth-order valence-electron chi connectivity index (χ4n) is 2.24. The van der Waals surface area contributed by atoms with E-state index in [1.807, 2.05) is 31.8 Å². The summed E-state index contributed by atoms with van der Waals surface area (Å²) in [5.74, 6) is 1.12. The third kappa shape index (κ3) is 2.59. The van der Waals surface area contributed by atoms with E-state index < -0.39 is 0 Å². The van der Waals surface area contributed by atoms with E-state index in [1.165, 1.54) is 11.1 Å². The summed E-state index contributed by atoms with van der Waals surface area (Å²) in [4.78, 5) is 8.58. The number of aromatic nitrogens is 3. The maximum Gasteiger partial charge on any atom is 0.110 e. The molecule has 0 aliphatic rings. The van der Waals surface area contributed by atoms with Gasteiger partial charge in [0.15, 0.2) is 0 Å². The van der Waals surface area contributed by atoms with E-state index in [4.69, 9.17) is 0 Å². The molecule has 0 amide bonds. The lowest BCUT2D eigenvalue weighted by Crippen LogP contribution is -2.21. The van der Waals surface area contributed by atoms with Crippen molar-refractivity contribution in [2.24, 2.45) is 0 Å². The monoisotopic (exact) mass is 244 g/mol. The molecule has 0 aliphatic heterocycles. The minimum Gasteiger partial charge on any atom is -0.335 e. The average Bonchev–Trinajstić information content (AvgIpc) is 2.84. The van der Waals surface area contributed by atoms with Gasteiger partial charge < -0.3 is 9.88 Å². The molecule has 0 saturated carbocycles. The molecular formula is C14H20N4. The van der Waals surface area contributed by atoms with Crippen molar-refractivity contribution in [2.75, 3.05) is 7.05 Å². The van der Waals surface area contributed by atoms with Crippen LogP contribution in [0.25, 0.3) is 0 Å². The Hall–Kier alpha value is -1.68. The van der Waals surface area contributed by atoms with Crippen molar-refractivity contribution in [1.82, 2.24) is 19.9 Å². The van der Waals surface area contributed by atoms with E-state index >= 15 is 0 Å². The second-order valence-corrected chi connectivity index (χ2v) is 4.41. The number of imidazole rings is 1. The summed E-state index contributed by atoms with van der Waals surface area (Å²) >= 11 is 0. The van der Waals surface area contributed by atoms with Crippen LogP contribution >= 0.6 is 0 Å². The lowest BCUT2D eigenvalue weighted by molar-refractivity contribution is 0.550. The number of likely N-dealkylation sites (N-methyl/N-ethyl adjacent to an activating group) is 1. The molecule has 0 fully saturated rings. The number of hydrogen-bond acceptors (Lipinski definition) is 3. The predicted molar refractivity (Wildman–Crippen MR) is 72.4 cm³/mol. The summed E-state index contributed by atoms with van der Waals surface area (Å²) < 4.78 is 2.18. The Labute approximate surface area is 108 Å². The van der Waals surface area contributed by atoms with Gasteiger partial charge in [0.2, 0.25) is 0 Å². The minimum atomic E-state index is 0.278. The van der Waals surface area contributed by atoms with Crippen LogP contribution < -0.4 is 5.32 Å². The van der Waals surface area contributed by atoms with Crippen molar-refractivity contribution >= 4 is 0 Å². The van der Waals surface area contributed by atoms with Gasteiger partial charge in [-0.05, 0) is 38.1 Å². The van der Waals surface area contributed by atoms with Crippen LogP contribution in [0.1, 0.15) is 29.9 Å². The number of pyridine rings is 1. The predicted octanol–water partition coefficient (Wildman–Crippen LogP) is 2.11. The zero-order valence-corrected chi connectivity index (χ0v) is 11.2. The molecule has 0 aliphatic carbocycles. The molecule has 0 radical (unpaired) electrons. The molecule has 0 aromatic carbocycles. The number of rotatable bonds is 5. The molecular weight excluding hydrogens is 224 g/mol. The molecule has 2 rings (SSSR count). The highest BCUT2D eigenvalue weighted by Gasteiger charge is 2.14. The van der Waals surface area contributed by atoms with E-state index in [-0.39, 0.29) is 6.04 Å². The Balaban J connectivity index is 2.23. The van der Waals surface area contributed by atoms with Crippen LogP contribution in [0, 0.1) is 6.92 Å². The van der Waals surface area contributed by atoms with E-state index in [0.717, 1.165) is 18.8 Å². The maximum atomic E-state index is 4.44. The van der Waals surface area contributed by atoms with Crippen molar-refractivity contribution in [3.8, 4) is 0 Å². The molecule has 0 spiro atoms. The summed E-state index contributed by atoms with van der Waals surface area (Å²) in [6.45, 7) is 5.19. The van der Waals surface area contributed by atoms with Crippen molar-refractivity contribution in [3.63, 3.8) is 0 Å². The highest BCUT2D eigenvalue weighted by Crippen LogP contribution is 2.20. The molecule has 0 saturated heterocycles. The highest BCUT2D eigenvalue weighted by molar-refractivity contribution is 5.26. The van der Waals surface area contributed by atoms with Crippen LogP contribution in [-0.2, 0) is 13.0 Å². The first-order valence-electron chi connectivity index (χ1n) is 6.34. The van der Waals surface area contributed by atoms with Crippen LogP contribution in [0.15, 0.2) is 30.9 Å². The summed E-state index contributed by atoms with van der Waals surface area (Å²) in [6.07, 6.45) is 8.54. The topological polar surface area (TPSA) is 42.7 Å². The largest absolute Gasteiger partial charge is 0.335 e. The first-order valence-corrected chi connectivity index (χ1v) is 6.34. The van der Waals surface area contributed by atoms with Crippen molar-refractivity contribution in [1.29, 1.82) is 0 Å². The van der Waals surface area contributed by atoms with Gasteiger partial charge in [0.1, 0.15) is 5.82 Å². The Morgan fingerprint density at radius 2 is 2.22 bits per heavy atom. The van der Waals surface area contributed by atoms with Gasteiger partial charge in [-0.1, -0.05) is 0 Å². The van der Waals surface area contributed by atoms with Crippen molar-refractivity contribution in [3.05, 3.63) is 47.8 Å². The van der Waals surface area contributed by atoms with Gasteiger partial charge in [-0.2, -0.15) is 0 Å². The van der Waals surface area contributed by atoms with E-state index in [9.17, 15) is 0 Å². The van der Waals surface area contributed by atoms with E-state index in [2.05, 4.69) is 39.8 Å². The maximum absolute atomic E-state index is 4.44. The SMILES string of the molecule is CCn1ccnc1CC(NC)c1ccncc1C. The standard InChI is InChI=1S/C14H20N4/c1-4-18-8-7-17-14(18)9-13(15-3)12-5-6-16-10-11(12)2/h5-8,10,13,15H,4,9H2,1-3H3. The second kappa shape index (κ2) is 5.78. The molecule has 1 unspecified atom stereocenters. The lowest BCUT2D eigenvalue weighted by atomic mass is 10.0. The summed E-state index contributed by atoms with van der Waals surface area (Å²) in [7, 11) is 1.99. The van der Waals surface area contributed by atoms with Crippen molar-refractivity contribution < 1.29 is 0 Å². The van der Waals surface area contributed by atoms with Crippen molar-refractivity contribution in [2.45, 2.75) is 32.9 Å². The smallest absolute Gasteiger partial charge is 0.110 e. The molecule has 1 atom stereocenters. The molecule has 4 heteroatoms.